The Morgan fingerprint density at radius 2 is 1.82 bits per heavy atom. The lowest BCUT2D eigenvalue weighted by atomic mass is 10.1. The number of nitrogens with one attached hydrogen (secondary N) is 1. The zero-order valence-corrected chi connectivity index (χ0v) is 18.8. The number of aromatic nitrogens is 3. The number of nitrogens with zero attached hydrogens (tertiary/aromatic N) is 4. The van der Waals surface area contributed by atoms with Gasteiger partial charge in [-0.2, -0.15) is 10.4 Å². The Hall–Kier alpha value is -3.92. The molecule has 0 atom stereocenters. The van der Waals surface area contributed by atoms with Gasteiger partial charge in [-0.25, -0.2) is 0 Å². The van der Waals surface area contributed by atoms with Crippen LogP contribution >= 0.6 is 23.2 Å². The predicted octanol–water partition coefficient (Wildman–Crippen LogP) is 5.85. The zero-order chi connectivity index (χ0) is 23.2. The highest BCUT2D eigenvalue weighted by Gasteiger charge is 2.17. The summed E-state index contributed by atoms with van der Waals surface area (Å²) in [5.41, 5.74) is 3.18. The molecule has 0 spiro atoms. The van der Waals surface area contributed by atoms with Crippen LogP contribution in [0.2, 0.25) is 10.0 Å². The van der Waals surface area contributed by atoms with Crippen molar-refractivity contribution in [3.8, 4) is 17.3 Å². The number of carbonyl (C=O) groups is 1. The SMILES string of the molecule is N#C/C(=C\c1cn(Cc2ccccc2)nc1-c1cccnc1)C(=O)Nc1c(Cl)cccc1Cl. The number of carbonyl (C=O) groups excluding carboxylic acids is 1. The smallest absolute Gasteiger partial charge is 0.266 e. The summed E-state index contributed by atoms with van der Waals surface area (Å²) in [6.07, 6.45) is 6.64. The molecule has 2 heterocycles. The third kappa shape index (κ3) is 5.29. The van der Waals surface area contributed by atoms with E-state index < -0.39 is 5.91 Å². The van der Waals surface area contributed by atoms with Crippen molar-refractivity contribution in [3.05, 3.63) is 106 Å². The van der Waals surface area contributed by atoms with Crippen LogP contribution in [-0.4, -0.2) is 20.7 Å². The minimum Gasteiger partial charge on any atom is -0.319 e. The summed E-state index contributed by atoms with van der Waals surface area (Å²) in [7, 11) is 0. The van der Waals surface area contributed by atoms with E-state index in [-0.39, 0.29) is 21.3 Å². The summed E-state index contributed by atoms with van der Waals surface area (Å²) < 4.78 is 1.77. The van der Waals surface area contributed by atoms with E-state index in [1.165, 1.54) is 6.08 Å². The van der Waals surface area contributed by atoms with Crippen LogP contribution in [0.1, 0.15) is 11.1 Å². The van der Waals surface area contributed by atoms with Crippen molar-refractivity contribution < 1.29 is 4.79 Å². The molecule has 0 aliphatic rings. The van der Waals surface area contributed by atoms with E-state index in [2.05, 4.69) is 15.4 Å². The summed E-state index contributed by atoms with van der Waals surface area (Å²) >= 11 is 12.3. The topological polar surface area (TPSA) is 83.6 Å². The molecule has 1 N–H and O–H groups in total. The van der Waals surface area contributed by atoms with Gasteiger partial charge >= 0.3 is 0 Å². The number of benzene rings is 2. The van der Waals surface area contributed by atoms with E-state index >= 15 is 0 Å². The maximum Gasteiger partial charge on any atom is 0.266 e. The molecule has 0 radical (unpaired) electrons. The Kier molecular flexibility index (Phi) is 6.84. The monoisotopic (exact) mass is 473 g/mol. The van der Waals surface area contributed by atoms with Crippen molar-refractivity contribution in [1.29, 1.82) is 5.26 Å². The second-order valence-electron chi connectivity index (χ2n) is 7.08. The minimum absolute atomic E-state index is 0.115. The number of halogens is 2. The molecule has 162 valence electrons. The molecule has 8 heteroatoms. The molecule has 0 saturated carbocycles. The van der Waals surface area contributed by atoms with Gasteiger partial charge in [0.25, 0.3) is 5.91 Å². The van der Waals surface area contributed by atoms with Crippen molar-refractivity contribution in [1.82, 2.24) is 14.8 Å². The molecule has 0 aliphatic heterocycles. The first-order valence-electron chi connectivity index (χ1n) is 9.94. The fourth-order valence-corrected chi connectivity index (χ4v) is 3.72. The first-order chi connectivity index (χ1) is 16.0. The van der Waals surface area contributed by atoms with E-state index in [1.54, 1.807) is 47.5 Å². The van der Waals surface area contributed by atoms with Gasteiger partial charge in [0.05, 0.1) is 22.3 Å². The molecule has 33 heavy (non-hydrogen) atoms. The van der Waals surface area contributed by atoms with Crippen LogP contribution in [0.4, 0.5) is 5.69 Å². The van der Waals surface area contributed by atoms with E-state index in [1.807, 2.05) is 42.5 Å². The largest absolute Gasteiger partial charge is 0.319 e. The van der Waals surface area contributed by atoms with Crippen LogP contribution in [0, 0.1) is 11.3 Å². The van der Waals surface area contributed by atoms with E-state index in [0.29, 0.717) is 17.8 Å². The average Bonchev–Trinajstić information content (AvgIpc) is 3.23. The lowest BCUT2D eigenvalue weighted by Gasteiger charge is -2.08. The number of pyridine rings is 1. The first-order valence-corrected chi connectivity index (χ1v) is 10.7. The molecular weight excluding hydrogens is 457 g/mol. The minimum atomic E-state index is -0.625. The number of rotatable bonds is 6. The Labute approximate surface area is 200 Å². The van der Waals surface area contributed by atoms with Crippen LogP contribution in [0.15, 0.2) is 84.8 Å². The molecule has 6 nitrogen and oxygen atoms in total. The van der Waals surface area contributed by atoms with Crippen LogP contribution in [0.3, 0.4) is 0 Å². The number of hydrogen-bond acceptors (Lipinski definition) is 4. The third-order valence-electron chi connectivity index (χ3n) is 4.78. The highest BCUT2D eigenvalue weighted by Crippen LogP contribution is 2.30. The molecule has 1 amide bonds. The normalized spacial score (nSPS) is 11.1. The van der Waals surface area contributed by atoms with Gasteiger partial charge in [-0.3, -0.25) is 14.5 Å². The Morgan fingerprint density at radius 1 is 1.06 bits per heavy atom. The summed E-state index contributed by atoms with van der Waals surface area (Å²) in [5.74, 6) is -0.625. The fraction of sp³-hybridized carbons (Fsp3) is 0.0400. The molecule has 2 aromatic heterocycles. The van der Waals surface area contributed by atoms with E-state index in [0.717, 1.165) is 11.1 Å². The summed E-state index contributed by atoms with van der Waals surface area (Å²) in [5, 5.41) is 17.6. The molecule has 0 aliphatic carbocycles. The van der Waals surface area contributed by atoms with Gasteiger partial charge in [0, 0.05) is 29.7 Å². The molecule has 0 unspecified atom stereocenters. The second kappa shape index (κ2) is 10.1. The lowest BCUT2D eigenvalue weighted by Crippen LogP contribution is -2.14. The van der Waals surface area contributed by atoms with Gasteiger partial charge in [0.1, 0.15) is 17.3 Å². The van der Waals surface area contributed by atoms with Crippen molar-refractivity contribution in [2.45, 2.75) is 6.54 Å². The van der Waals surface area contributed by atoms with Crippen molar-refractivity contribution in [2.75, 3.05) is 5.32 Å². The number of hydrogen-bond donors (Lipinski definition) is 1. The molecule has 0 bridgehead atoms. The molecule has 0 saturated heterocycles. The maximum atomic E-state index is 12.8. The number of para-hydroxylation sites is 1. The van der Waals surface area contributed by atoms with Gasteiger partial charge in [-0.15, -0.1) is 0 Å². The quantitative estimate of drug-likeness (QED) is 0.281. The van der Waals surface area contributed by atoms with Crippen LogP contribution in [-0.2, 0) is 11.3 Å². The Balaban J connectivity index is 1.71. The van der Waals surface area contributed by atoms with Gasteiger partial charge < -0.3 is 5.32 Å². The summed E-state index contributed by atoms with van der Waals surface area (Å²) in [4.78, 5) is 17.0. The van der Waals surface area contributed by atoms with Gasteiger partial charge in [-0.05, 0) is 35.9 Å². The van der Waals surface area contributed by atoms with Crippen molar-refractivity contribution in [3.63, 3.8) is 0 Å². The van der Waals surface area contributed by atoms with Crippen LogP contribution in [0.5, 0.6) is 0 Å². The highest BCUT2D eigenvalue weighted by molar-refractivity contribution is 6.40. The highest BCUT2D eigenvalue weighted by atomic mass is 35.5. The lowest BCUT2D eigenvalue weighted by molar-refractivity contribution is -0.112. The summed E-state index contributed by atoms with van der Waals surface area (Å²) in [6, 6.07) is 20.4. The second-order valence-corrected chi connectivity index (χ2v) is 7.89. The third-order valence-corrected chi connectivity index (χ3v) is 5.41. The molecular formula is C25H17Cl2N5O. The average molecular weight is 474 g/mol. The van der Waals surface area contributed by atoms with Gasteiger partial charge in [-0.1, -0.05) is 59.6 Å². The van der Waals surface area contributed by atoms with Crippen LogP contribution < -0.4 is 5.32 Å². The van der Waals surface area contributed by atoms with Crippen molar-refractivity contribution in [2.24, 2.45) is 0 Å². The zero-order valence-electron chi connectivity index (χ0n) is 17.2. The maximum absolute atomic E-state index is 12.8. The fourth-order valence-electron chi connectivity index (χ4n) is 3.22. The van der Waals surface area contributed by atoms with E-state index in [4.69, 9.17) is 23.2 Å². The molecule has 4 aromatic rings. The van der Waals surface area contributed by atoms with Crippen molar-refractivity contribution >= 4 is 40.9 Å². The number of amides is 1. The van der Waals surface area contributed by atoms with Gasteiger partial charge in [0.15, 0.2) is 0 Å². The predicted molar refractivity (Wildman–Crippen MR) is 130 cm³/mol. The van der Waals surface area contributed by atoms with Gasteiger partial charge in [0.2, 0.25) is 0 Å². The molecule has 4 rings (SSSR count). The first kappa shape index (κ1) is 22.3. The van der Waals surface area contributed by atoms with E-state index in [9.17, 15) is 10.1 Å². The van der Waals surface area contributed by atoms with Crippen LogP contribution in [0.25, 0.3) is 17.3 Å². The molecule has 0 fully saturated rings. The Bertz CT molecular complexity index is 1340. The number of anilines is 1. The Morgan fingerprint density at radius 3 is 2.48 bits per heavy atom. The molecule has 2 aromatic carbocycles. The number of nitriles is 1. The summed E-state index contributed by atoms with van der Waals surface area (Å²) in [6.45, 7) is 0.533. The standard InChI is InChI=1S/C25H17Cl2N5O/c26-21-9-4-10-22(27)24(21)30-25(33)19(13-28)12-20-16-32(15-17-6-2-1-3-7-17)31-23(20)18-8-5-11-29-14-18/h1-12,14,16H,15H2,(H,30,33)/b19-12+.